The zero-order valence-corrected chi connectivity index (χ0v) is 17.0. The van der Waals surface area contributed by atoms with Crippen LogP contribution in [0.1, 0.15) is 42.4 Å². The van der Waals surface area contributed by atoms with Gasteiger partial charge in [0.2, 0.25) is 11.0 Å². The summed E-state index contributed by atoms with van der Waals surface area (Å²) in [6.45, 7) is 2.19. The maximum absolute atomic E-state index is 13.0. The van der Waals surface area contributed by atoms with Crippen LogP contribution in [0, 0.1) is 0 Å². The van der Waals surface area contributed by atoms with Crippen molar-refractivity contribution in [3.63, 3.8) is 0 Å². The second-order valence-corrected chi connectivity index (χ2v) is 8.33. The van der Waals surface area contributed by atoms with E-state index in [-0.39, 0.29) is 18.0 Å². The summed E-state index contributed by atoms with van der Waals surface area (Å²) >= 11 is 1.32. The number of hydrogen-bond donors (Lipinski definition) is 2. The topological polar surface area (TPSA) is 96.5 Å². The Morgan fingerprint density at radius 2 is 1.97 bits per heavy atom. The first kappa shape index (κ1) is 19.8. The molecule has 0 radical (unpaired) electrons. The van der Waals surface area contributed by atoms with Crippen LogP contribution in [0.5, 0.6) is 0 Å². The molecule has 8 nitrogen and oxygen atoms in total. The SMILES string of the molecule is O=C(Nc1nnc([C@@H]2CCCO2)s1)[C@H](Cc1ccccc1)NC(=O)N1CCCC1. The van der Waals surface area contributed by atoms with Crippen LogP contribution in [0.2, 0.25) is 0 Å². The predicted molar refractivity (Wildman–Crippen MR) is 110 cm³/mol. The highest BCUT2D eigenvalue weighted by Gasteiger charge is 2.27. The summed E-state index contributed by atoms with van der Waals surface area (Å²) < 4.78 is 5.63. The molecule has 29 heavy (non-hydrogen) atoms. The van der Waals surface area contributed by atoms with Gasteiger partial charge in [0.1, 0.15) is 17.2 Å². The molecule has 2 fully saturated rings. The molecule has 2 N–H and O–H groups in total. The molecule has 3 heterocycles. The minimum absolute atomic E-state index is 0.0341. The van der Waals surface area contributed by atoms with Gasteiger partial charge in [-0.15, -0.1) is 10.2 Å². The van der Waals surface area contributed by atoms with E-state index in [0.29, 0.717) is 11.6 Å². The van der Waals surface area contributed by atoms with Gasteiger partial charge >= 0.3 is 6.03 Å². The van der Waals surface area contributed by atoms with E-state index < -0.39 is 6.04 Å². The van der Waals surface area contributed by atoms with Crippen molar-refractivity contribution >= 4 is 28.4 Å². The number of likely N-dealkylation sites (tertiary alicyclic amines) is 1. The lowest BCUT2D eigenvalue weighted by Gasteiger charge is -2.22. The largest absolute Gasteiger partial charge is 0.371 e. The summed E-state index contributed by atoms with van der Waals surface area (Å²) in [7, 11) is 0. The molecule has 0 aliphatic carbocycles. The van der Waals surface area contributed by atoms with Crippen LogP contribution in [0.4, 0.5) is 9.93 Å². The smallest absolute Gasteiger partial charge is 0.318 e. The lowest BCUT2D eigenvalue weighted by Crippen LogP contribution is -2.49. The van der Waals surface area contributed by atoms with Crippen LogP contribution < -0.4 is 10.6 Å². The van der Waals surface area contributed by atoms with E-state index >= 15 is 0 Å². The number of urea groups is 1. The number of nitrogens with one attached hydrogen (secondary N) is 2. The van der Waals surface area contributed by atoms with Gasteiger partial charge < -0.3 is 15.0 Å². The Labute approximate surface area is 173 Å². The zero-order valence-electron chi connectivity index (χ0n) is 16.2. The summed E-state index contributed by atoms with van der Waals surface area (Å²) in [4.78, 5) is 27.3. The third-order valence-corrected chi connectivity index (χ3v) is 6.10. The Bertz CT molecular complexity index is 832. The van der Waals surface area contributed by atoms with Crippen LogP contribution in [-0.2, 0) is 16.0 Å². The normalized spacial score (nSPS) is 19.9. The summed E-state index contributed by atoms with van der Waals surface area (Å²) in [5.41, 5.74) is 0.978. The molecule has 1 aromatic heterocycles. The van der Waals surface area contributed by atoms with Crippen LogP contribution in [0.15, 0.2) is 30.3 Å². The van der Waals surface area contributed by atoms with E-state index in [1.165, 1.54) is 11.3 Å². The molecule has 0 bridgehead atoms. The summed E-state index contributed by atoms with van der Waals surface area (Å²) in [6, 6.07) is 8.77. The van der Waals surface area contributed by atoms with Crippen LogP contribution in [-0.4, -0.2) is 52.8 Å². The minimum atomic E-state index is -0.694. The van der Waals surface area contributed by atoms with Crippen molar-refractivity contribution in [3.05, 3.63) is 40.9 Å². The standard InChI is InChI=1S/C20H25N5O3S/c26-17(22-19-24-23-18(29-19)16-9-6-12-28-16)15(13-14-7-2-1-3-8-14)21-20(27)25-10-4-5-11-25/h1-3,7-8,15-16H,4-6,9-13H2,(H,21,27)(H,22,24,26)/t15-,16-/m0/s1. The fraction of sp³-hybridized carbons (Fsp3) is 0.500. The molecular formula is C20H25N5O3S. The van der Waals surface area contributed by atoms with E-state index in [9.17, 15) is 9.59 Å². The van der Waals surface area contributed by atoms with Gasteiger partial charge in [0.05, 0.1) is 0 Å². The Morgan fingerprint density at radius 1 is 1.17 bits per heavy atom. The number of hydrogen-bond acceptors (Lipinski definition) is 6. The number of rotatable bonds is 6. The average Bonchev–Trinajstić information content (AvgIpc) is 3.49. The van der Waals surface area contributed by atoms with Gasteiger partial charge in [-0.1, -0.05) is 41.7 Å². The highest BCUT2D eigenvalue weighted by Crippen LogP contribution is 2.31. The summed E-state index contributed by atoms with van der Waals surface area (Å²) in [6.07, 6.45) is 4.30. The molecule has 0 saturated carbocycles. The van der Waals surface area contributed by atoms with Gasteiger partial charge in [0.15, 0.2) is 0 Å². The second-order valence-electron chi connectivity index (χ2n) is 7.32. The quantitative estimate of drug-likeness (QED) is 0.756. The fourth-order valence-corrected chi connectivity index (χ4v) is 4.43. The highest BCUT2D eigenvalue weighted by atomic mass is 32.1. The molecule has 3 amide bonds. The van der Waals surface area contributed by atoms with E-state index in [4.69, 9.17) is 4.74 Å². The average molecular weight is 416 g/mol. The number of amides is 3. The van der Waals surface area contributed by atoms with Crippen LogP contribution in [0.3, 0.4) is 0 Å². The third-order valence-electron chi connectivity index (χ3n) is 5.17. The molecule has 154 valence electrons. The molecule has 2 aliphatic heterocycles. The van der Waals surface area contributed by atoms with Crippen molar-refractivity contribution in [1.29, 1.82) is 0 Å². The Hall–Kier alpha value is -2.52. The van der Waals surface area contributed by atoms with Gasteiger partial charge in [-0.2, -0.15) is 0 Å². The molecule has 9 heteroatoms. The monoisotopic (exact) mass is 415 g/mol. The molecule has 2 saturated heterocycles. The first-order valence-electron chi connectivity index (χ1n) is 10.0. The molecule has 1 aromatic carbocycles. The molecule has 4 rings (SSSR count). The summed E-state index contributed by atoms with van der Waals surface area (Å²) in [5.74, 6) is -0.295. The number of nitrogens with zero attached hydrogens (tertiary/aromatic N) is 3. The zero-order chi connectivity index (χ0) is 20.1. The minimum Gasteiger partial charge on any atom is -0.371 e. The van der Waals surface area contributed by atoms with Gasteiger partial charge in [-0.05, 0) is 31.2 Å². The van der Waals surface area contributed by atoms with Crippen molar-refractivity contribution in [2.75, 3.05) is 25.0 Å². The molecule has 2 aliphatic rings. The molecule has 0 unspecified atom stereocenters. The van der Waals surface area contributed by atoms with Crippen molar-refractivity contribution < 1.29 is 14.3 Å². The van der Waals surface area contributed by atoms with E-state index in [0.717, 1.165) is 56.0 Å². The van der Waals surface area contributed by atoms with Gasteiger partial charge in [0.25, 0.3) is 0 Å². The van der Waals surface area contributed by atoms with Crippen molar-refractivity contribution in [3.8, 4) is 0 Å². The molecule has 0 spiro atoms. The second kappa shape index (κ2) is 9.32. The Morgan fingerprint density at radius 3 is 2.69 bits per heavy atom. The van der Waals surface area contributed by atoms with Gasteiger partial charge in [0, 0.05) is 26.1 Å². The van der Waals surface area contributed by atoms with Crippen molar-refractivity contribution in [2.24, 2.45) is 0 Å². The van der Waals surface area contributed by atoms with Crippen LogP contribution in [0.25, 0.3) is 0 Å². The number of benzene rings is 1. The number of anilines is 1. The summed E-state index contributed by atoms with van der Waals surface area (Å²) in [5, 5.41) is 15.1. The highest BCUT2D eigenvalue weighted by molar-refractivity contribution is 7.15. The number of ether oxygens (including phenoxy) is 1. The molecular weight excluding hydrogens is 390 g/mol. The lowest BCUT2D eigenvalue weighted by molar-refractivity contribution is -0.118. The Kier molecular flexibility index (Phi) is 6.36. The number of aromatic nitrogens is 2. The predicted octanol–water partition coefficient (Wildman–Crippen LogP) is 2.74. The fourth-order valence-electron chi connectivity index (χ4n) is 3.60. The van der Waals surface area contributed by atoms with Gasteiger partial charge in [-0.3, -0.25) is 10.1 Å². The maximum Gasteiger partial charge on any atom is 0.318 e. The van der Waals surface area contributed by atoms with Crippen LogP contribution >= 0.6 is 11.3 Å². The van der Waals surface area contributed by atoms with Gasteiger partial charge in [-0.25, -0.2) is 4.79 Å². The third kappa shape index (κ3) is 5.10. The van der Waals surface area contributed by atoms with E-state index in [1.54, 1.807) is 4.90 Å². The number of carbonyl (C=O) groups excluding carboxylic acids is 2. The van der Waals surface area contributed by atoms with Crippen molar-refractivity contribution in [1.82, 2.24) is 20.4 Å². The maximum atomic E-state index is 13.0. The Balaban J connectivity index is 1.43. The first-order chi connectivity index (χ1) is 14.2. The van der Waals surface area contributed by atoms with E-state index in [1.807, 2.05) is 30.3 Å². The van der Waals surface area contributed by atoms with Crippen molar-refractivity contribution in [2.45, 2.75) is 44.2 Å². The molecule has 2 aromatic rings. The lowest BCUT2D eigenvalue weighted by atomic mass is 10.1. The number of carbonyl (C=O) groups is 2. The van der Waals surface area contributed by atoms with E-state index in [2.05, 4.69) is 20.8 Å². The first-order valence-corrected chi connectivity index (χ1v) is 10.9. The molecule has 2 atom stereocenters.